The maximum Gasteiger partial charge on any atom is 0.146 e. The molecule has 0 aromatic heterocycles. The molecule has 94 valence electrons. The van der Waals surface area contributed by atoms with E-state index in [0.29, 0.717) is 11.7 Å². The van der Waals surface area contributed by atoms with Crippen molar-refractivity contribution in [2.45, 2.75) is 38.3 Å². The van der Waals surface area contributed by atoms with Crippen LogP contribution in [0.3, 0.4) is 0 Å². The average molecular weight is 301 g/mol. The van der Waals surface area contributed by atoms with E-state index in [4.69, 9.17) is 0 Å². The van der Waals surface area contributed by atoms with E-state index in [2.05, 4.69) is 40.4 Å². The van der Waals surface area contributed by atoms with Crippen LogP contribution in [0.1, 0.15) is 26.7 Å². The van der Waals surface area contributed by atoms with Gasteiger partial charge < -0.3 is 10.6 Å². The zero-order chi connectivity index (χ0) is 12.5. The molecule has 0 aliphatic carbocycles. The number of benzene rings is 1. The number of halogens is 2. The molecule has 0 spiro atoms. The Morgan fingerprint density at radius 2 is 2.24 bits per heavy atom. The summed E-state index contributed by atoms with van der Waals surface area (Å²) in [5.41, 5.74) is 0.709. The van der Waals surface area contributed by atoms with E-state index in [0.717, 1.165) is 23.9 Å². The van der Waals surface area contributed by atoms with Gasteiger partial charge in [-0.15, -0.1) is 0 Å². The maximum absolute atomic E-state index is 13.6. The van der Waals surface area contributed by atoms with E-state index in [-0.39, 0.29) is 11.4 Å². The second kappa shape index (κ2) is 4.94. The standard InChI is InChI=1S/C13H18BrFN2/c1-13(2)8-10(5-6-16-13)17-12-7-9(14)3-4-11(12)15/h3-4,7,10,16-17H,5-6,8H2,1-2H3. The van der Waals surface area contributed by atoms with E-state index < -0.39 is 0 Å². The minimum atomic E-state index is -0.190. The smallest absolute Gasteiger partial charge is 0.146 e. The molecule has 1 saturated heterocycles. The van der Waals surface area contributed by atoms with Crippen LogP contribution in [-0.4, -0.2) is 18.1 Å². The molecule has 0 amide bonds. The fourth-order valence-corrected chi connectivity index (χ4v) is 2.69. The van der Waals surface area contributed by atoms with Crippen LogP contribution in [0.4, 0.5) is 10.1 Å². The number of nitrogens with one attached hydrogen (secondary N) is 2. The van der Waals surface area contributed by atoms with Gasteiger partial charge in [0.25, 0.3) is 0 Å². The zero-order valence-corrected chi connectivity index (χ0v) is 11.8. The monoisotopic (exact) mass is 300 g/mol. The van der Waals surface area contributed by atoms with Crippen LogP contribution < -0.4 is 10.6 Å². The molecule has 1 aromatic rings. The van der Waals surface area contributed by atoms with Crippen molar-refractivity contribution < 1.29 is 4.39 Å². The van der Waals surface area contributed by atoms with Gasteiger partial charge >= 0.3 is 0 Å². The van der Waals surface area contributed by atoms with Gasteiger partial charge in [-0.1, -0.05) is 15.9 Å². The lowest BCUT2D eigenvalue weighted by molar-refractivity contribution is 0.286. The Labute approximate surface area is 110 Å². The first-order chi connectivity index (χ1) is 7.96. The van der Waals surface area contributed by atoms with Gasteiger partial charge in [0, 0.05) is 16.1 Å². The summed E-state index contributed by atoms with van der Waals surface area (Å²) >= 11 is 3.36. The molecule has 1 aliphatic rings. The Morgan fingerprint density at radius 3 is 2.94 bits per heavy atom. The summed E-state index contributed by atoms with van der Waals surface area (Å²) in [6.07, 6.45) is 2.02. The molecule has 1 fully saturated rings. The molecule has 0 saturated carbocycles. The molecule has 0 bridgehead atoms. The van der Waals surface area contributed by atoms with Crippen molar-refractivity contribution in [1.82, 2.24) is 5.32 Å². The highest BCUT2D eigenvalue weighted by Crippen LogP contribution is 2.25. The van der Waals surface area contributed by atoms with Crippen LogP contribution in [0.15, 0.2) is 22.7 Å². The Hall–Kier alpha value is -0.610. The van der Waals surface area contributed by atoms with E-state index in [1.54, 1.807) is 12.1 Å². The van der Waals surface area contributed by atoms with Crippen molar-refractivity contribution in [3.05, 3.63) is 28.5 Å². The third kappa shape index (κ3) is 3.42. The number of rotatable bonds is 2. The molecule has 2 nitrogen and oxygen atoms in total. The largest absolute Gasteiger partial charge is 0.380 e. The van der Waals surface area contributed by atoms with Gasteiger partial charge in [-0.05, 0) is 51.4 Å². The summed E-state index contributed by atoms with van der Waals surface area (Å²) in [7, 11) is 0. The lowest BCUT2D eigenvalue weighted by Crippen LogP contribution is -2.50. The predicted octanol–water partition coefficient (Wildman–Crippen LogP) is 3.53. The Morgan fingerprint density at radius 1 is 1.47 bits per heavy atom. The topological polar surface area (TPSA) is 24.1 Å². The molecule has 1 heterocycles. The number of piperidine rings is 1. The Balaban J connectivity index is 2.07. The molecule has 1 aliphatic heterocycles. The predicted molar refractivity (Wildman–Crippen MR) is 72.8 cm³/mol. The normalized spacial score (nSPS) is 23.4. The summed E-state index contributed by atoms with van der Waals surface area (Å²) in [5.74, 6) is -0.190. The van der Waals surface area contributed by atoms with Gasteiger partial charge in [0.15, 0.2) is 0 Å². The molecular weight excluding hydrogens is 283 g/mol. The van der Waals surface area contributed by atoms with Crippen molar-refractivity contribution in [2.75, 3.05) is 11.9 Å². The van der Waals surface area contributed by atoms with Gasteiger partial charge in [-0.3, -0.25) is 0 Å². The second-order valence-corrected chi connectivity index (χ2v) is 6.18. The van der Waals surface area contributed by atoms with Crippen LogP contribution in [0.2, 0.25) is 0 Å². The third-order valence-electron chi connectivity index (χ3n) is 3.14. The van der Waals surface area contributed by atoms with Crippen LogP contribution >= 0.6 is 15.9 Å². The summed E-state index contributed by atoms with van der Waals surface area (Å²) in [6.45, 7) is 5.33. The first-order valence-corrected chi connectivity index (χ1v) is 6.72. The Kier molecular flexibility index (Phi) is 3.73. The molecule has 4 heteroatoms. The molecule has 17 heavy (non-hydrogen) atoms. The SMILES string of the molecule is CC1(C)CC(Nc2cc(Br)ccc2F)CCN1. The first-order valence-electron chi connectivity index (χ1n) is 5.93. The van der Waals surface area contributed by atoms with Gasteiger partial charge in [-0.2, -0.15) is 0 Å². The quantitative estimate of drug-likeness (QED) is 0.873. The molecule has 1 unspecified atom stereocenters. The van der Waals surface area contributed by atoms with Crippen LogP contribution in [-0.2, 0) is 0 Å². The van der Waals surface area contributed by atoms with Crippen molar-refractivity contribution >= 4 is 21.6 Å². The summed E-state index contributed by atoms with van der Waals surface area (Å²) in [6, 6.07) is 5.32. The maximum atomic E-state index is 13.6. The van der Waals surface area contributed by atoms with Crippen molar-refractivity contribution in [3.8, 4) is 0 Å². The lowest BCUT2D eigenvalue weighted by atomic mass is 9.89. The van der Waals surface area contributed by atoms with E-state index >= 15 is 0 Å². The highest BCUT2D eigenvalue weighted by Gasteiger charge is 2.27. The molecule has 1 aromatic carbocycles. The zero-order valence-electron chi connectivity index (χ0n) is 10.2. The van der Waals surface area contributed by atoms with E-state index in [9.17, 15) is 4.39 Å². The molecule has 2 N–H and O–H groups in total. The molecular formula is C13H18BrFN2. The first kappa shape index (κ1) is 12.8. The minimum Gasteiger partial charge on any atom is -0.380 e. The summed E-state index contributed by atoms with van der Waals surface area (Å²) < 4.78 is 14.5. The van der Waals surface area contributed by atoms with Crippen LogP contribution in [0, 0.1) is 5.82 Å². The fourth-order valence-electron chi connectivity index (χ4n) is 2.33. The van der Waals surface area contributed by atoms with Crippen LogP contribution in [0.5, 0.6) is 0 Å². The molecule has 2 rings (SSSR count). The van der Waals surface area contributed by atoms with Gasteiger partial charge in [0.2, 0.25) is 0 Å². The molecule has 0 radical (unpaired) electrons. The van der Waals surface area contributed by atoms with Crippen molar-refractivity contribution in [2.24, 2.45) is 0 Å². The summed E-state index contributed by atoms with van der Waals surface area (Å²) in [5, 5.41) is 6.76. The fraction of sp³-hybridized carbons (Fsp3) is 0.538. The number of hydrogen-bond acceptors (Lipinski definition) is 2. The summed E-state index contributed by atoms with van der Waals surface area (Å²) in [4.78, 5) is 0. The third-order valence-corrected chi connectivity index (χ3v) is 3.63. The number of anilines is 1. The van der Waals surface area contributed by atoms with E-state index in [1.165, 1.54) is 6.07 Å². The lowest BCUT2D eigenvalue weighted by Gasteiger charge is -2.37. The van der Waals surface area contributed by atoms with Gasteiger partial charge in [0.1, 0.15) is 5.82 Å². The highest BCUT2D eigenvalue weighted by atomic mass is 79.9. The Bertz CT molecular complexity index is 406. The molecule has 1 atom stereocenters. The second-order valence-electron chi connectivity index (χ2n) is 5.27. The van der Waals surface area contributed by atoms with Gasteiger partial charge in [-0.25, -0.2) is 4.39 Å². The minimum absolute atomic E-state index is 0.123. The van der Waals surface area contributed by atoms with Crippen molar-refractivity contribution in [1.29, 1.82) is 0 Å². The highest BCUT2D eigenvalue weighted by molar-refractivity contribution is 9.10. The van der Waals surface area contributed by atoms with Crippen molar-refractivity contribution in [3.63, 3.8) is 0 Å². The average Bonchev–Trinajstić information content (AvgIpc) is 2.22. The van der Waals surface area contributed by atoms with E-state index in [1.807, 2.05) is 0 Å². The van der Waals surface area contributed by atoms with Gasteiger partial charge in [0.05, 0.1) is 5.69 Å². The number of hydrogen-bond donors (Lipinski definition) is 2. The van der Waals surface area contributed by atoms with Crippen LogP contribution in [0.25, 0.3) is 0 Å².